The second-order valence-electron chi connectivity index (χ2n) is 5.97. The van der Waals surface area contributed by atoms with E-state index < -0.39 is 18.0 Å². The van der Waals surface area contributed by atoms with Crippen LogP contribution in [-0.4, -0.2) is 29.3 Å². The van der Waals surface area contributed by atoms with E-state index in [2.05, 4.69) is 5.32 Å². The Balaban J connectivity index is 2.09. The van der Waals surface area contributed by atoms with E-state index in [0.29, 0.717) is 16.4 Å². The van der Waals surface area contributed by atoms with Crippen LogP contribution in [-0.2, 0) is 9.53 Å². The van der Waals surface area contributed by atoms with Crippen molar-refractivity contribution in [2.75, 3.05) is 12.0 Å². The third-order valence-corrected chi connectivity index (χ3v) is 4.70. The first-order valence-electron chi connectivity index (χ1n) is 8.22. The number of allylic oxidation sites excluding steroid dienone is 1. The summed E-state index contributed by atoms with van der Waals surface area (Å²) in [6.07, 6.45) is 0. The molecule has 1 aliphatic rings. The van der Waals surface area contributed by atoms with Crippen LogP contribution in [0.2, 0.25) is 0 Å². The predicted molar refractivity (Wildman–Crippen MR) is 106 cm³/mol. The Labute approximate surface area is 162 Å². The van der Waals surface area contributed by atoms with Crippen LogP contribution >= 0.6 is 12.2 Å². The molecule has 0 saturated heterocycles. The van der Waals surface area contributed by atoms with Crippen molar-refractivity contribution in [2.45, 2.75) is 13.0 Å². The molecule has 0 aliphatic carbocycles. The zero-order valence-corrected chi connectivity index (χ0v) is 15.6. The Bertz CT molecular complexity index is 923. The Morgan fingerprint density at radius 2 is 1.74 bits per heavy atom. The Hall–Kier alpha value is -3.19. The first kappa shape index (κ1) is 18.6. The number of rotatable bonds is 4. The zero-order valence-electron chi connectivity index (χ0n) is 14.8. The standard InChI is InChI=1S/C20H18N2O4S/c1-12-16(19(25)26-2)17(13-8-10-14(11-9-13)18(23)24)21-20(27)22(12)15-6-4-3-5-7-15/h3-11,17H,1-2H3,(H,21,27)(H,23,24)/t17-/m1/s1. The Morgan fingerprint density at radius 1 is 1.11 bits per heavy atom. The molecule has 1 heterocycles. The normalized spacial score (nSPS) is 16.7. The van der Waals surface area contributed by atoms with Gasteiger partial charge in [0.05, 0.1) is 24.3 Å². The first-order valence-corrected chi connectivity index (χ1v) is 8.63. The minimum absolute atomic E-state index is 0.170. The molecule has 0 aromatic heterocycles. The average molecular weight is 382 g/mol. The van der Waals surface area contributed by atoms with Crippen LogP contribution in [0, 0.1) is 0 Å². The van der Waals surface area contributed by atoms with Gasteiger partial charge in [-0.15, -0.1) is 0 Å². The van der Waals surface area contributed by atoms with Gasteiger partial charge in [0.25, 0.3) is 0 Å². The van der Waals surface area contributed by atoms with E-state index in [1.54, 1.807) is 17.0 Å². The third kappa shape index (κ3) is 3.54. The molecule has 0 fully saturated rings. The fourth-order valence-corrected chi connectivity index (χ4v) is 3.43. The summed E-state index contributed by atoms with van der Waals surface area (Å²) in [5.41, 5.74) is 2.79. The number of anilines is 1. The number of carbonyl (C=O) groups is 2. The maximum Gasteiger partial charge on any atom is 0.337 e. The van der Waals surface area contributed by atoms with Crippen molar-refractivity contribution in [3.63, 3.8) is 0 Å². The van der Waals surface area contributed by atoms with Crippen molar-refractivity contribution in [1.82, 2.24) is 5.32 Å². The number of methoxy groups -OCH3 is 1. The first-order chi connectivity index (χ1) is 12.9. The molecule has 138 valence electrons. The molecule has 0 unspecified atom stereocenters. The lowest BCUT2D eigenvalue weighted by Crippen LogP contribution is -2.48. The highest BCUT2D eigenvalue weighted by Crippen LogP contribution is 2.34. The molecule has 0 amide bonds. The average Bonchev–Trinajstić information content (AvgIpc) is 2.68. The Kier molecular flexibility index (Phi) is 5.23. The summed E-state index contributed by atoms with van der Waals surface area (Å²) in [6.45, 7) is 1.81. The summed E-state index contributed by atoms with van der Waals surface area (Å²) < 4.78 is 4.99. The second kappa shape index (κ2) is 7.59. The van der Waals surface area contributed by atoms with E-state index in [9.17, 15) is 9.59 Å². The fraction of sp³-hybridized carbons (Fsp3) is 0.150. The van der Waals surface area contributed by atoms with Crippen LogP contribution in [0.15, 0.2) is 65.9 Å². The molecule has 0 bridgehead atoms. The van der Waals surface area contributed by atoms with E-state index in [4.69, 9.17) is 22.1 Å². The maximum atomic E-state index is 12.5. The number of nitrogens with one attached hydrogen (secondary N) is 1. The van der Waals surface area contributed by atoms with Crippen molar-refractivity contribution in [3.05, 3.63) is 77.0 Å². The van der Waals surface area contributed by atoms with Crippen molar-refractivity contribution in [3.8, 4) is 0 Å². The van der Waals surface area contributed by atoms with Gasteiger partial charge in [0, 0.05) is 11.4 Å². The van der Waals surface area contributed by atoms with Crippen molar-refractivity contribution < 1.29 is 19.4 Å². The molecule has 1 aliphatic heterocycles. The number of hydrogen-bond donors (Lipinski definition) is 2. The van der Waals surface area contributed by atoms with Crippen LogP contribution in [0.5, 0.6) is 0 Å². The molecule has 0 radical (unpaired) electrons. The molecule has 27 heavy (non-hydrogen) atoms. The highest BCUT2D eigenvalue weighted by Gasteiger charge is 2.35. The number of carboxylic acids is 1. The molecule has 2 N–H and O–H groups in total. The number of esters is 1. The third-order valence-electron chi connectivity index (χ3n) is 4.40. The van der Waals surface area contributed by atoms with Crippen LogP contribution in [0.25, 0.3) is 0 Å². The molecule has 0 saturated carbocycles. The van der Waals surface area contributed by atoms with Crippen LogP contribution in [0.1, 0.15) is 28.9 Å². The number of aromatic carboxylic acids is 1. The van der Waals surface area contributed by atoms with Gasteiger partial charge in [-0.05, 0) is 49.0 Å². The largest absolute Gasteiger partial charge is 0.478 e. The summed E-state index contributed by atoms with van der Waals surface area (Å²) in [4.78, 5) is 25.4. The number of hydrogen-bond acceptors (Lipinski definition) is 4. The lowest BCUT2D eigenvalue weighted by Gasteiger charge is -2.37. The smallest absolute Gasteiger partial charge is 0.337 e. The number of para-hydroxylation sites is 1. The molecule has 3 rings (SSSR count). The summed E-state index contributed by atoms with van der Waals surface area (Å²) in [5, 5.41) is 12.7. The summed E-state index contributed by atoms with van der Waals surface area (Å²) in [6, 6.07) is 15.3. The molecule has 7 heteroatoms. The highest BCUT2D eigenvalue weighted by molar-refractivity contribution is 7.80. The van der Waals surface area contributed by atoms with Crippen LogP contribution in [0.4, 0.5) is 5.69 Å². The summed E-state index contributed by atoms with van der Waals surface area (Å²) in [7, 11) is 1.33. The topological polar surface area (TPSA) is 78.9 Å². The van der Waals surface area contributed by atoms with Crippen LogP contribution < -0.4 is 10.2 Å². The van der Waals surface area contributed by atoms with Gasteiger partial charge in [-0.3, -0.25) is 4.90 Å². The van der Waals surface area contributed by atoms with Gasteiger partial charge >= 0.3 is 11.9 Å². The van der Waals surface area contributed by atoms with Crippen molar-refractivity contribution >= 4 is 35.0 Å². The van der Waals surface area contributed by atoms with Gasteiger partial charge < -0.3 is 15.2 Å². The van der Waals surface area contributed by atoms with E-state index in [1.807, 2.05) is 37.3 Å². The summed E-state index contributed by atoms with van der Waals surface area (Å²) in [5.74, 6) is -1.49. The molecule has 2 aromatic carbocycles. The zero-order chi connectivity index (χ0) is 19.6. The molecular weight excluding hydrogens is 364 g/mol. The number of ether oxygens (including phenoxy) is 1. The van der Waals surface area contributed by atoms with E-state index >= 15 is 0 Å². The highest BCUT2D eigenvalue weighted by atomic mass is 32.1. The molecular formula is C20H18N2O4S. The summed E-state index contributed by atoms with van der Waals surface area (Å²) >= 11 is 5.54. The molecule has 0 spiro atoms. The lowest BCUT2D eigenvalue weighted by molar-refractivity contribution is -0.136. The SMILES string of the molecule is COC(=O)C1=C(C)N(c2ccccc2)C(=S)N[C@@H]1c1ccc(C(=O)O)cc1. The number of carbonyl (C=O) groups excluding carboxylic acids is 1. The quantitative estimate of drug-likeness (QED) is 0.621. The Morgan fingerprint density at radius 3 is 2.30 bits per heavy atom. The van der Waals surface area contributed by atoms with Gasteiger partial charge in [0.15, 0.2) is 5.11 Å². The van der Waals surface area contributed by atoms with Crippen molar-refractivity contribution in [2.24, 2.45) is 0 Å². The number of thiocarbonyl (C=S) groups is 1. The van der Waals surface area contributed by atoms with E-state index in [0.717, 1.165) is 11.3 Å². The van der Waals surface area contributed by atoms with Gasteiger partial charge in [0.2, 0.25) is 0 Å². The van der Waals surface area contributed by atoms with E-state index in [1.165, 1.54) is 19.2 Å². The minimum Gasteiger partial charge on any atom is -0.478 e. The van der Waals surface area contributed by atoms with Gasteiger partial charge in [-0.25, -0.2) is 9.59 Å². The molecule has 2 aromatic rings. The molecule has 6 nitrogen and oxygen atoms in total. The fourth-order valence-electron chi connectivity index (χ4n) is 3.07. The van der Waals surface area contributed by atoms with Crippen molar-refractivity contribution in [1.29, 1.82) is 0 Å². The number of carboxylic acid groups (broad SMARTS) is 1. The van der Waals surface area contributed by atoms with Gasteiger partial charge in [-0.1, -0.05) is 30.3 Å². The van der Waals surface area contributed by atoms with Gasteiger partial charge in [-0.2, -0.15) is 0 Å². The maximum absolute atomic E-state index is 12.5. The second-order valence-corrected chi connectivity index (χ2v) is 6.36. The predicted octanol–water partition coefficient (Wildman–Crippen LogP) is 3.27. The minimum atomic E-state index is -1.01. The lowest BCUT2D eigenvalue weighted by atomic mass is 9.94. The number of nitrogens with zero attached hydrogens (tertiary/aromatic N) is 1. The monoisotopic (exact) mass is 382 g/mol. The molecule has 1 atom stereocenters. The number of benzene rings is 2. The van der Waals surface area contributed by atoms with E-state index in [-0.39, 0.29) is 5.56 Å². The van der Waals surface area contributed by atoms with Crippen LogP contribution in [0.3, 0.4) is 0 Å². The van der Waals surface area contributed by atoms with Gasteiger partial charge in [0.1, 0.15) is 0 Å².